The Labute approximate surface area is 141 Å². The van der Waals surface area contributed by atoms with Crippen molar-refractivity contribution in [2.75, 3.05) is 5.73 Å². The van der Waals surface area contributed by atoms with Crippen molar-refractivity contribution in [3.8, 4) is 0 Å². The van der Waals surface area contributed by atoms with E-state index >= 15 is 0 Å². The van der Waals surface area contributed by atoms with Gasteiger partial charge in [0.1, 0.15) is 6.04 Å². The number of carbonyl (C=O) groups is 1. The molecule has 0 spiro atoms. The lowest BCUT2D eigenvalue weighted by Gasteiger charge is -2.17. The van der Waals surface area contributed by atoms with Crippen LogP contribution in [-0.2, 0) is 0 Å². The number of benzene rings is 1. The van der Waals surface area contributed by atoms with Gasteiger partial charge in [0.25, 0.3) is 5.91 Å². The van der Waals surface area contributed by atoms with Crippen molar-refractivity contribution in [1.82, 2.24) is 15.5 Å². The van der Waals surface area contributed by atoms with E-state index in [-0.39, 0.29) is 11.9 Å². The first-order valence-corrected chi connectivity index (χ1v) is 8.55. The highest BCUT2D eigenvalue weighted by Crippen LogP contribution is 2.31. The van der Waals surface area contributed by atoms with E-state index in [2.05, 4.69) is 15.5 Å². The van der Waals surface area contributed by atoms with Gasteiger partial charge in [-0.3, -0.25) is 4.79 Å². The van der Waals surface area contributed by atoms with Gasteiger partial charge in [-0.25, -0.2) is 0 Å². The topological polar surface area (TPSA) is 94.0 Å². The molecule has 3 N–H and O–H groups in total. The van der Waals surface area contributed by atoms with Crippen LogP contribution in [0.15, 0.2) is 22.7 Å². The van der Waals surface area contributed by atoms with Crippen LogP contribution < -0.4 is 11.1 Å². The van der Waals surface area contributed by atoms with E-state index in [9.17, 15) is 4.79 Å². The predicted molar refractivity (Wildman–Crippen MR) is 91.6 cm³/mol. The van der Waals surface area contributed by atoms with Crippen LogP contribution in [0.3, 0.4) is 0 Å². The number of aromatic nitrogens is 2. The van der Waals surface area contributed by atoms with Gasteiger partial charge in [0.05, 0.1) is 0 Å². The standard InChI is InChI=1S/C18H24N4O2/c1-11-8-9-14(19)10-15(11)17(23)20-12(2)18-21-16(22-24-18)13-6-4-3-5-7-13/h8-10,12-13H,3-7,19H2,1-2H3,(H,20,23). The third-order valence-electron chi connectivity index (χ3n) is 4.65. The van der Waals surface area contributed by atoms with E-state index in [4.69, 9.17) is 10.3 Å². The zero-order valence-electron chi connectivity index (χ0n) is 14.2. The molecule has 6 heteroatoms. The van der Waals surface area contributed by atoms with E-state index in [0.717, 1.165) is 24.2 Å². The number of nitrogens with zero attached hydrogens (tertiary/aromatic N) is 2. The Hall–Kier alpha value is -2.37. The Bertz CT molecular complexity index is 720. The molecule has 1 aliphatic rings. The summed E-state index contributed by atoms with van der Waals surface area (Å²) in [7, 11) is 0. The second kappa shape index (κ2) is 7.03. The third kappa shape index (κ3) is 3.58. The summed E-state index contributed by atoms with van der Waals surface area (Å²) in [5.74, 6) is 1.41. The van der Waals surface area contributed by atoms with Gasteiger partial charge in [-0.1, -0.05) is 30.5 Å². The third-order valence-corrected chi connectivity index (χ3v) is 4.65. The molecule has 3 rings (SSSR count). The molecular formula is C18H24N4O2. The second-order valence-corrected chi connectivity index (χ2v) is 6.60. The maximum absolute atomic E-state index is 12.5. The summed E-state index contributed by atoms with van der Waals surface area (Å²) in [4.78, 5) is 17.0. The minimum absolute atomic E-state index is 0.190. The predicted octanol–water partition coefficient (Wildman–Crippen LogP) is 3.50. The average molecular weight is 328 g/mol. The number of rotatable bonds is 4. The quantitative estimate of drug-likeness (QED) is 0.838. The number of amides is 1. The summed E-state index contributed by atoms with van der Waals surface area (Å²) in [6, 6.07) is 4.95. The number of anilines is 1. The van der Waals surface area contributed by atoms with Crippen LogP contribution >= 0.6 is 0 Å². The number of nitrogens with one attached hydrogen (secondary N) is 1. The fourth-order valence-corrected chi connectivity index (χ4v) is 3.17. The maximum atomic E-state index is 12.5. The molecule has 1 unspecified atom stereocenters. The zero-order valence-corrected chi connectivity index (χ0v) is 14.2. The van der Waals surface area contributed by atoms with Gasteiger partial charge in [0.15, 0.2) is 5.82 Å². The molecule has 24 heavy (non-hydrogen) atoms. The molecule has 0 saturated heterocycles. The molecule has 1 fully saturated rings. The first-order valence-electron chi connectivity index (χ1n) is 8.55. The number of nitrogen functional groups attached to an aromatic ring is 1. The highest BCUT2D eigenvalue weighted by atomic mass is 16.5. The fraction of sp³-hybridized carbons (Fsp3) is 0.500. The molecule has 1 saturated carbocycles. The monoisotopic (exact) mass is 328 g/mol. The summed E-state index contributed by atoms with van der Waals surface area (Å²) in [5.41, 5.74) is 7.78. The van der Waals surface area contributed by atoms with Crippen molar-refractivity contribution < 1.29 is 9.32 Å². The summed E-state index contributed by atoms with van der Waals surface area (Å²) in [5, 5.41) is 7.02. The molecule has 1 aromatic carbocycles. The largest absolute Gasteiger partial charge is 0.399 e. The van der Waals surface area contributed by atoms with Crippen LogP contribution in [0.4, 0.5) is 5.69 Å². The zero-order chi connectivity index (χ0) is 17.1. The van der Waals surface area contributed by atoms with Gasteiger partial charge < -0.3 is 15.6 Å². The van der Waals surface area contributed by atoms with Crippen molar-refractivity contribution in [3.63, 3.8) is 0 Å². The van der Waals surface area contributed by atoms with E-state index < -0.39 is 0 Å². The van der Waals surface area contributed by atoms with Crippen molar-refractivity contribution in [1.29, 1.82) is 0 Å². The van der Waals surface area contributed by atoms with Crippen LogP contribution in [-0.4, -0.2) is 16.0 Å². The van der Waals surface area contributed by atoms with E-state index in [1.807, 2.05) is 19.9 Å². The Morgan fingerprint density at radius 3 is 2.83 bits per heavy atom. The number of hydrogen-bond acceptors (Lipinski definition) is 5. The second-order valence-electron chi connectivity index (χ2n) is 6.60. The van der Waals surface area contributed by atoms with Gasteiger partial charge in [-0.15, -0.1) is 0 Å². The van der Waals surface area contributed by atoms with Gasteiger partial charge in [0, 0.05) is 17.2 Å². The molecule has 6 nitrogen and oxygen atoms in total. The van der Waals surface area contributed by atoms with Crippen LogP contribution in [0.2, 0.25) is 0 Å². The smallest absolute Gasteiger partial charge is 0.252 e. The van der Waals surface area contributed by atoms with Crippen LogP contribution in [0.25, 0.3) is 0 Å². The Morgan fingerprint density at radius 1 is 1.33 bits per heavy atom. The Balaban J connectivity index is 1.68. The Kier molecular flexibility index (Phi) is 4.83. The molecule has 1 heterocycles. The molecule has 2 aromatic rings. The van der Waals surface area contributed by atoms with Gasteiger partial charge in [-0.2, -0.15) is 4.98 Å². The summed E-state index contributed by atoms with van der Waals surface area (Å²) in [6.45, 7) is 3.73. The molecule has 0 aliphatic heterocycles. The minimum atomic E-state index is -0.344. The van der Waals surface area contributed by atoms with Crippen molar-refractivity contribution >= 4 is 11.6 Å². The number of hydrogen-bond donors (Lipinski definition) is 2. The molecule has 1 atom stereocenters. The van der Waals surface area contributed by atoms with Gasteiger partial charge in [-0.05, 0) is 44.4 Å². The summed E-state index contributed by atoms with van der Waals surface area (Å²) >= 11 is 0. The molecule has 1 aliphatic carbocycles. The summed E-state index contributed by atoms with van der Waals surface area (Å²) in [6.07, 6.45) is 5.95. The summed E-state index contributed by atoms with van der Waals surface area (Å²) < 4.78 is 5.37. The van der Waals surface area contributed by atoms with E-state index in [1.165, 1.54) is 19.3 Å². The molecule has 128 valence electrons. The highest BCUT2D eigenvalue weighted by Gasteiger charge is 2.23. The lowest BCUT2D eigenvalue weighted by Crippen LogP contribution is -2.27. The highest BCUT2D eigenvalue weighted by molar-refractivity contribution is 5.96. The lowest BCUT2D eigenvalue weighted by molar-refractivity contribution is 0.0932. The van der Waals surface area contributed by atoms with Gasteiger partial charge >= 0.3 is 0 Å². The lowest BCUT2D eigenvalue weighted by atomic mass is 9.89. The van der Waals surface area contributed by atoms with Crippen molar-refractivity contribution in [2.45, 2.75) is 57.9 Å². The van der Waals surface area contributed by atoms with Crippen LogP contribution in [0.5, 0.6) is 0 Å². The van der Waals surface area contributed by atoms with Crippen LogP contribution in [0.1, 0.15) is 78.6 Å². The minimum Gasteiger partial charge on any atom is -0.399 e. The number of carbonyl (C=O) groups excluding carboxylic acids is 1. The molecule has 0 bridgehead atoms. The number of aryl methyl sites for hydroxylation is 1. The molecule has 1 amide bonds. The molecular weight excluding hydrogens is 304 g/mol. The number of nitrogens with two attached hydrogens (primary N) is 1. The van der Waals surface area contributed by atoms with Crippen LogP contribution in [0, 0.1) is 6.92 Å². The first-order chi connectivity index (χ1) is 11.5. The average Bonchev–Trinajstić information content (AvgIpc) is 3.08. The first kappa shape index (κ1) is 16.5. The van der Waals surface area contributed by atoms with E-state index in [1.54, 1.807) is 12.1 Å². The SMILES string of the molecule is Cc1ccc(N)cc1C(=O)NC(C)c1nc(C2CCCCC2)no1. The maximum Gasteiger partial charge on any atom is 0.252 e. The molecule has 1 aromatic heterocycles. The Morgan fingerprint density at radius 2 is 2.08 bits per heavy atom. The van der Waals surface area contributed by atoms with Crippen molar-refractivity contribution in [3.05, 3.63) is 41.0 Å². The van der Waals surface area contributed by atoms with Crippen molar-refractivity contribution in [2.24, 2.45) is 0 Å². The van der Waals surface area contributed by atoms with Gasteiger partial charge in [0.2, 0.25) is 5.89 Å². The normalized spacial score (nSPS) is 16.8. The fourth-order valence-electron chi connectivity index (χ4n) is 3.17. The molecule has 0 radical (unpaired) electrons. The van der Waals surface area contributed by atoms with E-state index in [0.29, 0.717) is 23.1 Å².